The summed E-state index contributed by atoms with van der Waals surface area (Å²) in [4.78, 5) is 18.6. The molecule has 2 heterocycles. The van der Waals surface area contributed by atoms with Gasteiger partial charge in [-0.2, -0.15) is 13.2 Å². The third-order valence-corrected chi connectivity index (χ3v) is 7.40. The minimum atomic E-state index is -4.33. The molecule has 1 amide bonds. The topological polar surface area (TPSA) is 59.2 Å². The van der Waals surface area contributed by atoms with E-state index in [9.17, 15) is 18.0 Å². The molecule has 5 nitrogen and oxygen atoms in total. The third kappa shape index (κ3) is 5.73. The minimum absolute atomic E-state index is 0.0789. The van der Waals surface area contributed by atoms with Gasteiger partial charge in [0.1, 0.15) is 0 Å². The van der Waals surface area contributed by atoms with Crippen molar-refractivity contribution >= 4 is 11.6 Å². The quantitative estimate of drug-likeness (QED) is 0.624. The van der Waals surface area contributed by atoms with Gasteiger partial charge >= 0.3 is 6.18 Å². The molecule has 1 aromatic heterocycles. The summed E-state index contributed by atoms with van der Waals surface area (Å²) in [5, 5.41) is 0. The van der Waals surface area contributed by atoms with Crippen molar-refractivity contribution in [3.63, 3.8) is 0 Å². The van der Waals surface area contributed by atoms with Crippen molar-refractivity contribution in [3.05, 3.63) is 59.9 Å². The van der Waals surface area contributed by atoms with E-state index in [1.165, 1.54) is 12.1 Å². The van der Waals surface area contributed by atoms with Gasteiger partial charge in [0, 0.05) is 32.5 Å². The normalized spacial score (nSPS) is 23.1. The van der Waals surface area contributed by atoms with E-state index < -0.39 is 17.8 Å². The largest absolute Gasteiger partial charge is 0.416 e. The Balaban J connectivity index is 1.64. The lowest BCUT2D eigenvalue weighted by Gasteiger charge is -2.48. The number of likely N-dealkylation sites (N-methyl/N-ethyl adjacent to an activating group) is 2. The van der Waals surface area contributed by atoms with Crippen LogP contribution in [0.1, 0.15) is 37.8 Å². The molecule has 1 aliphatic heterocycles. The zero-order chi connectivity index (χ0) is 24.2. The van der Waals surface area contributed by atoms with Crippen LogP contribution in [0.4, 0.5) is 18.9 Å². The van der Waals surface area contributed by atoms with E-state index in [2.05, 4.69) is 18.8 Å². The number of pyridine rings is 1. The summed E-state index contributed by atoms with van der Waals surface area (Å²) in [7, 11) is 1.71. The maximum Gasteiger partial charge on any atom is 0.416 e. The van der Waals surface area contributed by atoms with Crippen molar-refractivity contribution in [3.8, 4) is 0 Å². The average molecular weight is 464 g/mol. The monoisotopic (exact) mass is 463 g/mol. The van der Waals surface area contributed by atoms with Gasteiger partial charge in [-0.3, -0.25) is 9.78 Å². The minimum Gasteiger partial charge on any atom is -0.321 e. The molecule has 180 valence electrons. The maximum atomic E-state index is 13.1. The Morgan fingerprint density at radius 2 is 1.94 bits per heavy atom. The van der Waals surface area contributed by atoms with Crippen molar-refractivity contribution < 1.29 is 22.4 Å². The molecule has 0 spiro atoms. The van der Waals surface area contributed by atoms with Gasteiger partial charge < -0.3 is 15.1 Å². The molecule has 0 aliphatic carbocycles. The fourth-order valence-electron chi connectivity index (χ4n) is 5.04. The number of carbonyl (C=O) groups excluding carboxylic acids is 1. The Morgan fingerprint density at radius 3 is 2.52 bits per heavy atom. The fraction of sp³-hybridized carbons (Fsp3) is 0.520. The lowest BCUT2D eigenvalue weighted by molar-refractivity contribution is -0.953. The average Bonchev–Trinajstić information content (AvgIpc) is 2.82. The molecule has 2 N–H and O–H groups in total. The number of anilines is 1. The summed E-state index contributed by atoms with van der Waals surface area (Å²) < 4.78 is 40.1. The van der Waals surface area contributed by atoms with Crippen LogP contribution in [0.5, 0.6) is 0 Å². The van der Waals surface area contributed by atoms with E-state index >= 15 is 0 Å². The molecular formula is C25H34F3N4O+. The number of nitrogens with two attached hydrogens (primary N) is 1. The number of hydrogen-bond donors (Lipinski definition) is 1. The summed E-state index contributed by atoms with van der Waals surface area (Å²) in [5.41, 5.74) is 7.21. The molecule has 8 heteroatoms. The van der Waals surface area contributed by atoms with E-state index in [-0.39, 0.29) is 17.9 Å². The van der Waals surface area contributed by atoms with Crippen LogP contribution in [0.25, 0.3) is 0 Å². The predicted molar refractivity (Wildman–Crippen MR) is 123 cm³/mol. The van der Waals surface area contributed by atoms with E-state index in [0.29, 0.717) is 17.7 Å². The zero-order valence-electron chi connectivity index (χ0n) is 19.6. The SMILES string of the molecule is CC[N+]1(C(C)Cc2cccc(C(F)(F)F)c2)CCC(C(N)C(=O)N(C)c2cccnc2)CC1. The fourth-order valence-corrected chi connectivity index (χ4v) is 5.04. The number of carbonyl (C=O) groups is 1. The highest BCUT2D eigenvalue weighted by atomic mass is 19.4. The Labute approximate surface area is 194 Å². The van der Waals surface area contributed by atoms with Crippen LogP contribution in [-0.4, -0.2) is 54.1 Å². The first-order valence-corrected chi connectivity index (χ1v) is 11.5. The van der Waals surface area contributed by atoms with Gasteiger partial charge in [0.15, 0.2) is 0 Å². The van der Waals surface area contributed by atoms with Crippen LogP contribution in [0.2, 0.25) is 0 Å². The Hall–Kier alpha value is -2.45. The van der Waals surface area contributed by atoms with Gasteiger partial charge in [0.05, 0.1) is 49.2 Å². The lowest BCUT2D eigenvalue weighted by atomic mass is 9.86. The number of alkyl halides is 3. The van der Waals surface area contributed by atoms with Crippen LogP contribution in [0, 0.1) is 5.92 Å². The van der Waals surface area contributed by atoms with Gasteiger partial charge in [0.2, 0.25) is 5.91 Å². The second kappa shape index (κ2) is 10.2. The second-order valence-corrected chi connectivity index (χ2v) is 9.20. The molecule has 1 aliphatic rings. The number of aromatic nitrogens is 1. The van der Waals surface area contributed by atoms with Crippen molar-refractivity contribution in [2.45, 2.75) is 51.4 Å². The van der Waals surface area contributed by atoms with E-state index in [1.54, 1.807) is 36.5 Å². The van der Waals surface area contributed by atoms with Crippen molar-refractivity contribution in [1.82, 2.24) is 4.98 Å². The maximum absolute atomic E-state index is 13.1. The predicted octanol–water partition coefficient (Wildman–Crippen LogP) is 4.27. The Morgan fingerprint density at radius 1 is 1.24 bits per heavy atom. The van der Waals surface area contributed by atoms with Crippen LogP contribution in [0.3, 0.4) is 0 Å². The molecule has 2 atom stereocenters. The van der Waals surface area contributed by atoms with E-state index in [4.69, 9.17) is 5.73 Å². The van der Waals surface area contributed by atoms with Gasteiger partial charge in [-0.05, 0) is 43.5 Å². The Bertz CT molecular complexity index is 927. The first-order valence-electron chi connectivity index (χ1n) is 11.5. The van der Waals surface area contributed by atoms with Gasteiger partial charge in [0.25, 0.3) is 0 Å². The molecule has 2 unspecified atom stereocenters. The highest BCUT2D eigenvalue weighted by Crippen LogP contribution is 2.32. The van der Waals surface area contributed by atoms with Crippen molar-refractivity contribution in [2.24, 2.45) is 11.7 Å². The van der Waals surface area contributed by atoms with E-state index in [1.807, 2.05) is 6.07 Å². The molecule has 33 heavy (non-hydrogen) atoms. The molecule has 3 rings (SSSR count). The molecule has 0 saturated carbocycles. The Kier molecular flexibility index (Phi) is 7.80. The first kappa shape index (κ1) is 25.2. The molecule has 1 aromatic carbocycles. The molecule has 0 bridgehead atoms. The molecule has 0 radical (unpaired) electrons. The molecule has 1 saturated heterocycles. The summed E-state index contributed by atoms with van der Waals surface area (Å²) in [6.45, 7) is 6.86. The lowest BCUT2D eigenvalue weighted by Crippen LogP contribution is -2.61. The smallest absolute Gasteiger partial charge is 0.321 e. The standard InChI is InChI=1S/C25H34F3N4O/c1-4-32(18(2)15-19-7-5-8-21(16-19)25(26,27)28)13-10-20(11-14-32)23(29)24(33)31(3)22-9-6-12-30-17-22/h5-9,12,16-18,20,23H,4,10-11,13-15,29H2,1-3H3/q+1. The number of hydrogen-bond acceptors (Lipinski definition) is 3. The summed E-state index contributed by atoms with van der Waals surface area (Å²) in [6, 6.07) is 8.82. The number of rotatable bonds is 7. The number of nitrogens with zero attached hydrogens (tertiary/aromatic N) is 3. The summed E-state index contributed by atoms with van der Waals surface area (Å²) in [6.07, 6.45) is 1.17. The van der Waals surface area contributed by atoms with Gasteiger partial charge in [-0.25, -0.2) is 0 Å². The molecular weight excluding hydrogens is 429 g/mol. The number of quaternary nitrogens is 1. The number of amides is 1. The van der Waals surface area contributed by atoms with E-state index in [0.717, 1.165) is 43.0 Å². The first-order chi connectivity index (χ1) is 15.6. The van der Waals surface area contributed by atoms with Crippen molar-refractivity contribution in [1.29, 1.82) is 0 Å². The number of piperidine rings is 1. The molecule has 1 fully saturated rings. The van der Waals surface area contributed by atoms with Crippen LogP contribution in [-0.2, 0) is 17.4 Å². The summed E-state index contributed by atoms with van der Waals surface area (Å²) in [5.74, 6) is -0.0447. The van der Waals surface area contributed by atoms with Crippen LogP contribution < -0.4 is 10.6 Å². The number of benzene rings is 1. The van der Waals surface area contributed by atoms with Gasteiger partial charge in [-0.15, -0.1) is 0 Å². The zero-order valence-corrected chi connectivity index (χ0v) is 19.6. The van der Waals surface area contributed by atoms with Crippen LogP contribution in [0.15, 0.2) is 48.8 Å². The second-order valence-electron chi connectivity index (χ2n) is 9.20. The number of halogens is 3. The van der Waals surface area contributed by atoms with Crippen LogP contribution >= 0.6 is 0 Å². The molecule has 2 aromatic rings. The number of likely N-dealkylation sites (tertiary alicyclic amines) is 1. The van der Waals surface area contributed by atoms with Gasteiger partial charge in [-0.1, -0.05) is 18.2 Å². The summed E-state index contributed by atoms with van der Waals surface area (Å²) >= 11 is 0. The third-order valence-electron chi connectivity index (χ3n) is 7.40. The highest BCUT2D eigenvalue weighted by molar-refractivity contribution is 5.96. The highest BCUT2D eigenvalue weighted by Gasteiger charge is 2.41. The van der Waals surface area contributed by atoms with Crippen molar-refractivity contribution in [2.75, 3.05) is 31.6 Å².